The summed E-state index contributed by atoms with van der Waals surface area (Å²) < 4.78 is 33.6. The number of hydrogen-bond acceptors (Lipinski definition) is 6. The number of hydrogen-bond donors (Lipinski definition) is 0. The van der Waals surface area contributed by atoms with Crippen LogP contribution in [0, 0.1) is 0 Å². The third kappa shape index (κ3) is 3.26. The van der Waals surface area contributed by atoms with Crippen LogP contribution in [0.1, 0.15) is 41.4 Å². The monoisotopic (exact) mass is 379 g/mol. The van der Waals surface area contributed by atoms with Gasteiger partial charge in [0, 0.05) is 51.4 Å². The smallest absolute Gasteiger partial charge is 0.276 e. The van der Waals surface area contributed by atoms with Crippen LogP contribution in [0.4, 0.5) is 0 Å². The SMILES string of the molecule is Cn1cc(S(=O)(=O)N2CCCN(C(=O)c3cc(C4CC4)on3)CC2)cn1. The summed E-state index contributed by atoms with van der Waals surface area (Å²) in [4.78, 5) is 14.5. The van der Waals surface area contributed by atoms with Gasteiger partial charge in [-0.3, -0.25) is 9.48 Å². The van der Waals surface area contributed by atoms with Crippen molar-refractivity contribution in [2.75, 3.05) is 26.2 Å². The van der Waals surface area contributed by atoms with E-state index in [1.54, 1.807) is 18.0 Å². The highest BCUT2D eigenvalue weighted by Gasteiger charge is 2.32. The molecule has 0 radical (unpaired) electrons. The summed E-state index contributed by atoms with van der Waals surface area (Å²) in [6, 6.07) is 1.72. The largest absolute Gasteiger partial charge is 0.360 e. The van der Waals surface area contributed by atoms with E-state index in [2.05, 4.69) is 10.3 Å². The topological polar surface area (TPSA) is 102 Å². The van der Waals surface area contributed by atoms with Gasteiger partial charge in [0.2, 0.25) is 10.0 Å². The quantitative estimate of drug-likeness (QED) is 0.779. The Labute approximate surface area is 151 Å². The minimum absolute atomic E-state index is 0.172. The first-order valence-corrected chi connectivity index (χ1v) is 10.1. The predicted molar refractivity (Wildman–Crippen MR) is 91.0 cm³/mol. The predicted octanol–water partition coefficient (Wildman–Crippen LogP) is 0.822. The van der Waals surface area contributed by atoms with Crippen LogP contribution in [0.5, 0.6) is 0 Å². The Hall–Kier alpha value is -2.20. The van der Waals surface area contributed by atoms with Gasteiger partial charge in [0.05, 0.1) is 6.20 Å². The second-order valence-corrected chi connectivity index (χ2v) is 8.73. The molecule has 2 aromatic heterocycles. The minimum Gasteiger partial charge on any atom is -0.360 e. The third-order valence-electron chi connectivity index (χ3n) is 4.79. The van der Waals surface area contributed by atoms with Crippen molar-refractivity contribution >= 4 is 15.9 Å². The average molecular weight is 379 g/mol. The maximum Gasteiger partial charge on any atom is 0.276 e. The van der Waals surface area contributed by atoms with Crippen molar-refractivity contribution in [3.63, 3.8) is 0 Å². The maximum atomic E-state index is 12.7. The van der Waals surface area contributed by atoms with E-state index in [0.717, 1.165) is 18.6 Å². The Kier molecular flexibility index (Phi) is 4.31. The van der Waals surface area contributed by atoms with Gasteiger partial charge >= 0.3 is 0 Å². The van der Waals surface area contributed by atoms with Crippen molar-refractivity contribution in [1.82, 2.24) is 24.1 Å². The summed E-state index contributed by atoms with van der Waals surface area (Å²) in [6.07, 6.45) is 5.55. The van der Waals surface area contributed by atoms with E-state index >= 15 is 0 Å². The zero-order chi connectivity index (χ0) is 18.3. The molecule has 2 fully saturated rings. The summed E-state index contributed by atoms with van der Waals surface area (Å²) in [7, 11) is -1.92. The van der Waals surface area contributed by atoms with E-state index in [4.69, 9.17) is 4.52 Å². The van der Waals surface area contributed by atoms with Crippen LogP contribution in [0.2, 0.25) is 0 Å². The number of amides is 1. The number of aromatic nitrogens is 3. The lowest BCUT2D eigenvalue weighted by Gasteiger charge is -2.20. The van der Waals surface area contributed by atoms with Gasteiger partial charge in [-0.2, -0.15) is 9.40 Å². The molecule has 0 aromatic carbocycles. The molecule has 2 aromatic rings. The maximum absolute atomic E-state index is 12.7. The van der Waals surface area contributed by atoms with Crippen LogP contribution >= 0.6 is 0 Å². The lowest BCUT2D eigenvalue weighted by Crippen LogP contribution is -2.37. The lowest BCUT2D eigenvalue weighted by molar-refractivity contribution is 0.0753. The zero-order valence-corrected chi connectivity index (χ0v) is 15.4. The fraction of sp³-hybridized carbons (Fsp3) is 0.562. The third-order valence-corrected chi connectivity index (χ3v) is 6.64. The molecule has 0 spiro atoms. The van der Waals surface area contributed by atoms with E-state index in [1.165, 1.54) is 21.4 Å². The molecule has 0 atom stereocenters. The van der Waals surface area contributed by atoms with Crippen LogP contribution < -0.4 is 0 Å². The molecule has 2 aliphatic rings. The van der Waals surface area contributed by atoms with Crippen molar-refractivity contribution in [2.24, 2.45) is 7.05 Å². The Morgan fingerprint density at radius 1 is 1.23 bits per heavy atom. The van der Waals surface area contributed by atoms with Crippen molar-refractivity contribution in [3.8, 4) is 0 Å². The summed E-state index contributed by atoms with van der Waals surface area (Å²) in [5, 5.41) is 7.83. The second kappa shape index (κ2) is 6.51. The van der Waals surface area contributed by atoms with Crippen LogP contribution in [-0.4, -0.2) is 64.6 Å². The van der Waals surface area contributed by atoms with Crippen LogP contribution in [-0.2, 0) is 17.1 Å². The summed E-state index contributed by atoms with van der Waals surface area (Å²) in [5.41, 5.74) is 0.301. The highest BCUT2D eigenvalue weighted by molar-refractivity contribution is 7.89. The first-order valence-electron chi connectivity index (χ1n) is 8.70. The van der Waals surface area contributed by atoms with E-state index < -0.39 is 10.0 Å². The number of rotatable bonds is 4. The molecule has 0 unspecified atom stereocenters. The molecule has 1 saturated carbocycles. The highest BCUT2D eigenvalue weighted by atomic mass is 32.2. The fourth-order valence-corrected chi connectivity index (χ4v) is 4.59. The van der Waals surface area contributed by atoms with Crippen LogP contribution in [0.15, 0.2) is 27.9 Å². The first-order chi connectivity index (χ1) is 12.4. The Morgan fingerprint density at radius 3 is 2.73 bits per heavy atom. The fourth-order valence-electron chi connectivity index (χ4n) is 3.13. The van der Waals surface area contributed by atoms with Crippen LogP contribution in [0.3, 0.4) is 0 Å². The van der Waals surface area contributed by atoms with Gasteiger partial charge in [-0.1, -0.05) is 5.16 Å². The average Bonchev–Trinajstić information content (AvgIpc) is 3.27. The Balaban J connectivity index is 1.45. The molecule has 140 valence electrons. The number of carbonyl (C=O) groups excluding carboxylic acids is 1. The molecule has 10 heteroatoms. The highest BCUT2D eigenvalue weighted by Crippen LogP contribution is 2.40. The van der Waals surface area contributed by atoms with Crippen molar-refractivity contribution < 1.29 is 17.7 Å². The lowest BCUT2D eigenvalue weighted by atomic mass is 10.2. The normalized spacial score (nSPS) is 19.5. The molecule has 4 rings (SSSR count). The van der Waals surface area contributed by atoms with E-state index in [0.29, 0.717) is 37.7 Å². The zero-order valence-electron chi connectivity index (χ0n) is 14.5. The molecular formula is C16H21N5O4S. The van der Waals surface area contributed by atoms with Gasteiger partial charge < -0.3 is 9.42 Å². The molecule has 1 aliphatic carbocycles. The van der Waals surface area contributed by atoms with E-state index in [9.17, 15) is 13.2 Å². The van der Waals surface area contributed by atoms with Gasteiger partial charge in [-0.05, 0) is 19.3 Å². The van der Waals surface area contributed by atoms with Gasteiger partial charge in [0.1, 0.15) is 10.7 Å². The molecular weight excluding hydrogens is 358 g/mol. The summed E-state index contributed by atoms with van der Waals surface area (Å²) in [6.45, 7) is 1.43. The van der Waals surface area contributed by atoms with Crippen molar-refractivity contribution in [2.45, 2.75) is 30.1 Å². The Morgan fingerprint density at radius 2 is 2.04 bits per heavy atom. The molecule has 0 bridgehead atoms. The van der Waals surface area contributed by atoms with Crippen molar-refractivity contribution in [1.29, 1.82) is 0 Å². The molecule has 26 heavy (non-hydrogen) atoms. The molecule has 0 N–H and O–H groups in total. The van der Waals surface area contributed by atoms with Gasteiger partial charge in [0.15, 0.2) is 5.69 Å². The number of sulfonamides is 1. The first kappa shape index (κ1) is 17.2. The van der Waals surface area contributed by atoms with E-state index in [1.807, 2.05) is 0 Å². The van der Waals surface area contributed by atoms with Gasteiger partial charge in [0.25, 0.3) is 5.91 Å². The van der Waals surface area contributed by atoms with Crippen LogP contribution in [0.25, 0.3) is 0 Å². The summed E-state index contributed by atoms with van der Waals surface area (Å²) >= 11 is 0. The standard InChI is InChI=1S/C16H21N5O4S/c1-19-11-13(10-17-19)26(23,24)21-6-2-5-20(7-8-21)16(22)14-9-15(25-18-14)12-3-4-12/h9-12H,2-8H2,1H3. The minimum atomic E-state index is -3.60. The van der Waals surface area contributed by atoms with Crippen molar-refractivity contribution in [3.05, 3.63) is 29.9 Å². The Bertz CT molecular complexity index is 915. The van der Waals surface area contributed by atoms with E-state index in [-0.39, 0.29) is 17.3 Å². The van der Waals surface area contributed by atoms with Gasteiger partial charge in [-0.15, -0.1) is 0 Å². The summed E-state index contributed by atoms with van der Waals surface area (Å²) in [5.74, 6) is 0.957. The second-order valence-electron chi connectivity index (χ2n) is 6.79. The molecule has 1 aliphatic heterocycles. The number of carbonyl (C=O) groups is 1. The molecule has 1 saturated heterocycles. The molecule has 9 nitrogen and oxygen atoms in total. The molecule has 1 amide bonds. The van der Waals surface area contributed by atoms with Gasteiger partial charge in [-0.25, -0.2) is 8.42 Å². The number of nitrogens with zero attached hydrogens (tertiary/aromatic N) is 5. The molecule has 3 heterocycles. The number of aryl methyl sites for hydroxylation is 1.